The number of amides is 1. The number of benzene rings is 1. The first kappa shape index (κ1) is 15.4. The van der Waals surface area contributed by atoms with Gasteiger partial charge in [-0.3, -0.25) is 4.79 Å². The number of piperidine rings is 1. The van der Waals surface area contributed by atoms with E-state index in [9.17, 15) is 4.79 Å². The van der Waals surface area contributed by atoms with Crippen LogP contribution in [-0.4, -0.2) is 52.7 Å². The molecule has 4 rings (SSSR count). The molecule has 2 fully saturated rings. The molecule has 0 radical (unpaired) electrons. The van der Waals surface area contributed by atoms with Crippen LogP contribution < -0.4 is 0 Å². The van der Waals surface area contributed by atoms with Crippen LogP contribution in [-0.2, 0) is 9.47 Å². The summed E-state index contributed by atoms with van der Waals surface area (Å²) in [7, 11) is 0. The molecule has 2 aliphatic heterocycles. The molecule has 2 aliphatic rings. The van der Waals surface area contributed by atoms with Crippen LogP contribution in [0, 0.1) is 0 Å². The maximum absolute atomic E-state index is 13.0. The highest BCUT2D eigenvalue weighted by Gasteiger charge is 2.37. The van der Waals surface area contributed by atoms with Crippen LogP contribution >= 0.6 is 0 Å². The van der Waals surface area contributed by atoms with Gasteiger partial charge in [0, 0.05) is 12.7 Å². The molecule has 126 valence electrons. The van der Waals surface area contributed by atoms with Crippen molar-refractivity contribution in [3.63, 3.8) is 0 Å². The Balaban J connectivity index is 1.54. The fraction of sp³-hybridized carbons (Fsp3) is 0.444. The van der Waals surface area contributed by atoms with Crippen molar-refractivity contribution < 1.29 is 14.3 Å². The summed E-state index contributed by atoms with van der Waals surface area (Å²) < 4.78 is 13.0. The molecule has 1 aromatic heterocycles. The van der Waals surface area contributed by atoms with Gasteiger partial charge in [-0.05, 0) is 37.5 Å². The lowest BCUT2D eigenvalue weighted by atomic mass is 10.0. The number of aromatic nitrogens is 2. The summed E-state index contributed by atoms with van der Waals surface area (Å²) in [5.41, 5.74) is 1.40. The number of hydrogen-bond donors (Lipinski definition) is 0. The Labute approximate surface area is 141 Å². The second-order valence-electron chi connectivity index (χ2n) is 6.15. The zero-order chi connectivity index (χ0) is 16.4. The number of ether oxygens (including phenoxy) is 2. The fourth-order valence-electron chi connectivity index (χ4n) is 3.40. The van der Waals surface area contributed by atoms with Crippen molar-refractivity contribution >= 4 is 5.91 Å². The van der Waals surface area contributed by atoms with Gasteiger partial charge in [0.2, 0.25) is 0 Å². The van der Waals surface area contributed by atoms with Gasteiger partial charge in [0.05, 0.1) is 24.9 Å². The lowest BCUT2D eigenvalue weighted by Gasteiger charge is -2.37. The molecule has 6 nitrogen and oxygen atoms in total. The van der Waals surface area contributed by atoms with E-state index in [4.69, 9.17) is 9.47 Å². The Morgan fingerprint density at radius 1 is 1.08 bits per heavy atom. The van der Waals surface area contributed by atoms with Crippen LogP contribution in [0.15, 0.2) is 42.6 Å². The third kappa shape index (κ3) is 2.95. The number of carbonyl (C=O) groups excluding carboxylic acids is 1. The van der Waals surface area contributed by atoms with E-state index in [1.165, 1.54) is 0 Å². The predicted molar refractivity (Wildman–Crippen MR) is 87.9 cm³/mol. The number of nitrogens with zero attached hydrogens (tertiary/aromatic N) is 3. The van der Waals surface area contributed by atoms with E-state index in [0.717, 1.165) is 31.5 Å². The van der Waals surface area contributed by atoms with E-state index < -0.39 is 0 Å². The van der Waals surface area contributed by atoms with Gasteiger partial charge >= 0.3 is 0 Å². The molecule has 0 bridgehead atoms. The first-order valence-electron chi connectivity index (χ1n) is 8.48. The molecule has 3 heterocycles. The van der Waals surface area contributed by atoms with Gasteiger partial charge in [0.1, 0.15) is 0 Å². The van der Waals surface area contributed by atoms with Gasteiger partial charge in [-0.15, -0.1) is 0 Å². The van der Waals surface area contributed by atoms with Crippen molar-refractivity contribution in [2.75, 3.05) is 19.8 Å². The topological polar surface area (TPSA) is 56.6 Å². The van der Waals surface area contributed by atoms with Crippen LogP contribution in [0.25, 0.3) is 5.69 Å². The Hall–Kier alpha value is -2.18. The summed E-state index contributed by atoms with van der Waals surface area (Å²) in [6, 6.07) is 11.5. The molecule has 0 spiro atoms. The third-order valence-electron chi connectivity index (χ3n) is 4.60. The first-order chi connectivity index (χ1) is 11.8. The van der Waals surface area contributed by atoms with Crippen molar-refractivity contribution in [3.05, 3.63) is 48.3 Å². The summed E-state index contributed by atoms with van der Waals surface area (Å²) in [6.07, 6.45) is 4.54. The maximum Gasteiger partial charge on any atom is 0.274 e. The SMILES string of the molecule is O=C(c1ccn(-c2ccccc2)n1)N1CCCC[C@H]1C1OCCO1. The zero-order valence-electron chi connectivity index (χ0n) is 13.5. The quantitative estimate of drug-likeness (QED) is 0.867. The highest BCUT2D eigenvalue weighted by Crippen LogP contribution is 2.25. The van der Waals surface area contributed by atoms with Crippen molar-refractivity contribution in [1.82, 2.24) is 14.7 Å². The van der Waals surface area contributed by atoms with Gasteiger partial charge in [-0.1, -0.05) is 18.2 Å². The van der Waals surface area contributed by atoms with Crippen LogP contribution in [0.5, 0.6) is 0 Å². The van der Waals surface area contributed by atoms with E-state index in [1.54, 1.807) is 10.7 Å². The van der Waals surface area contributed by atoms with Crippen molar-refractivity contribution in [1.29, 1.82) is 0 Å². The van der Waals surface area contributed by atoms with Crippen molar-refractivity contribution in [2.24, 2.45) is 0 Å². The van der Waals surface area contributed by atoms with E-state index >= 15 is 0 Å². The Morgan fingerprint density at radius 3 is 2.67 bits per heavy atom. The maximum atomic E-state index is 13.0. The minimum absolute atomic E-state index is 0.0179. The van der Waals surface area contributed by atoms with Crippen molar-refractivity contribution in [3.8, 4) is 5.69 Å². The van der Waals surface area contributed by atoms with Gasteiger partial charge in [0.25, 0.3) is 5.91 Å². The van der Waals surface area contributed by atoms with E-state index in [1.807, 2.05) is 41.4 Å². The lowest BCUT2D eigenvalue weighted by Crippen LogP contribution is -2.50. The largest absolute Gasteiger partial charge is 0.348 e. The summed E-state index contributed by atoms with van der Waals surface area (Å²) >= 11 is 0. The zero-order valence-corrected chi connectivity index (χ0v) is 13.5. The predicted octanol–water partition coefficient (Wildman–Crippen LogP) is 2.24. The smallest absolute Gasteiger partial charge is 0.274 e. The minimum Gasteiger partial charge on any atom is -0.348 e. The molecular weight excluding hydrogens is 306 g/mol. The molecule has 1 atom stereocenters. The highest BCUT2D eigenvalue weighted by atomic mass is 16.7. The third-order valence-corrected chi connectivity index (χ3v) is 4.60. The van der Waals surface area contributed by atoms with Crippen molar-refractivity contribution in [2.45, 2.75) is 31.6 Å². The van der Waals surface area contributed by atoms with E-state index in [2.05, 4.69) is 5.10 Å². The number of para-hydroxylation sites is 1. The Kier molecular flexibility index (Phi) is 4.32. The number of carbonyl (C=O) groups is 1. The second-order valence-corrected chi connectivity index (χ2v) is 6.15. The molecule has 24 heavy (non-hydrogen) atoms. The molecule has 0 N–H and O–H groups in total. The molecule has 0 aliphatic carbocycles. The molecular formula is C18H21N3O3. The standard InChI is InChI=1S/C18H21N3O3/c22-17(15-9-11-21(19-15)14-6-2-1-3-7-14)20-10-5-4-8-16(20)18-23-12-13-24-18/h1-3,6-7,9,11,16,18H,4-5,8,10,12-13H2/t16-/m0/s1. The molecule has 0 saturated carbocycles. The Morgan fingerprint density at radius 2 is 1.88 bits per heavy atom. The average Bonchev–Trinajstić information content (AvgIpc) is 3.34. The highest BCUT2D eigenvalue weighted by molar-refractivity contribution is 5.92. The van der Waals surface area contributed by atoms with E-state index in [0.29, 0.717) is 18.9 Å². The summed E-state index contributed by atoms with van der Waals surface area (Å²) in [5, 5.41) is 4.46. The van der Waals surface area contributed by atoms with Gasteiger partial charge in [-0.2, -0.15) is 5.10 Å². The van der Waals surface area contributed by atoms with Gasteiger partial charge in [-0.25, -0.2) is 4.68 Å². The van der Waals surface area contributed by atoms with Crippen LogP contribution in [0.2, 0.25) is 0 Å². The molecule has 0 unspecified atom stereocenters. The van der Waals surface area contributed by atoms with Gasteiger partial charge in [0.15, 0.2) is 12.0 Å². The molecule has 1 aromatic carbocycles. The number of likely N-dealkylation sites (tertiary alicyclic amines) is 1. The average molecular weight is 327 g/mol. The van der Waals surface area contributed by atoms with Crippen LogP contribution in [0.1, 0.15) is 29.8 Å². The number of rotatable bonds is 3. The van der Waals surface area contributed by atoms with Gasteiger partial charge < -0.3 is 14.4 Å². The second kappa shape index (κ2) is 6.75. The molecule has 1 amide bonds. The monoisotopic (exact) mass is 327 g/mol. The molecule has 2 saturated heterocycles. The summed E-state index contributed by atoms with van der Waals surface area (Å²) in [5.74, 6) is -0.0477. The first-order valence-corrected chi connectivity index (χ1v) is 8.48. The van der Waals surface area contributed by atoms with E-state index in [-0.39, 0.29) is 18.2 Å². The van der Waals surface area contributed by atoms with Crippen LogP contribution in [0.3, 0.4) is 0 Å². The summed E-state index contributed by atoms with van der Waals surface area (Å²) in [6.45, 7) is 1.93. The normalized spacial score (nSPS) is 22.0. The summed E-state index contributed by atoms with van der Waals surface area (Å²) in [4.78, 5) is 14.8. The fourth-order valence-corrected chi connectivity index (χ4v) is 3.40. The minimum atomic E-state index is -0.301. The molecule has 2 aromatic rings. The lowest BCUT2D eigenvalue weighted by molar-refractivity contribution is -0.100. The Bertz CT molecular complexity index is 695. The molecule has 6 heteroatoms. The number of hydrogen-bond acceptors (Lipinski definition) is 4. The van der Waals surface area contributed by atoms with Crippen LogP contribution in [0.4, 0.5) is 0 Å².